The Morgan fingerprint density at radius 3 is 2.50 bits per heavy atom. The van der Waals surface area contributed by atoms with E-state index in [1.165, 1.54) is 12.1 Å². The fourth-order valence-corrected chi connectivity index (χ4v) is 2.25. The van der Waals surface area contributed by atoms with Crippen molar-refractivity contribution in [3.63, 3.8) is 0 Å². The predicted octanol–water partition coefficient (Wildman–Crippen LogP) is 2.91. The van der Waals surface area contributed by atoms with Gasteiger partial charge in [-0.05, 0) is 30.3 Å². The van der Waals surface area contributed by atoms with Crippen LogP contribution in [0.25, 0.3) is 34.0 Å². The molecule has 4 rings (SSSR count). The van der Waals surface area contributed by atoms with Crippen molar-refractivity contribution in [3.8, 4) is 34.0 Å². The minimum absolute atomic E-state index is 0.240. The molecule has 0 aliphatic heterocycles. The van der Waals surface area contributed by atoms with Gasteiger partial charge in [-0.3, -0.25) is 5.10 Å². The van der Waals surface area contributed by atoms with E-state index in [4.69, 9.17) is 10.2 Å². The van der Waals surface area contributed by atoms with Crippen LogP contribution in [0.3, 0.4) is 0 Å². The van der Waals surface area contributed by atoms with E-state index in [0.717, 1.165) is 11.1 Å². The van der Waals surface area contributed by atoms with Gasteiger partial charge in [0.05, 0.1) is 11.8 Å². The number of hydrogen-bond acceptors (Lipinski definition) is 6. The van der Waals surface area contributed by atoms with Crippen LogP contribution >= 0.6 is 0 Å². The number of rotatable bonds is 3. The molecule has 0 spiro atoms. The van der Waals surface area contributed by atoms with E-state index in [9.17, 15) is 4.39 Å². The highest BCUT2D eigenvalue weighted by Crippen LogP contribution is 2.30. The predicted molar refractivity (Wildman–Crippen MR) is 84.9 cm³/mol. The molecule has 118 valence electrons. The topological polar surface area (TPSA) is 107 Å². The van der Waals surface area contributed by atoms with E-state index >= 15 is 0 Å². The largest absolute Gasteiger partial charge is 0.416 e. The molecule has 0 atom stereocenters. The highest BCUT2D eigenvalue weighted by atomic mass is 19.1. The van der Waals surface area contributed by atoms with E-state index in [1.807, 2.05) is 0 Å². The van der Waals surface area contributed by atoms with Gasteiger partial charge in [-0.15, -0.1) is 10.2 Å². The van der Waals surface area contributed by atoms with Gasteiger partial charge in [0.2, 0.25) is 5.89 Å². The molecule has 1 aromatic carbocycles. The van der Waals surface area contributed by atoms with Crippen molar-refractivity contribution >= 4 is 5.82 Å². The number of pyridine rings is 1. The quantitative estimate of drug-likeness (QED) is 0.600. The lowest BCUT2D eigenvalue weighted by atomic mass is 10.1. The summed E-state index contributed by atoms with van der Waals surface area (Å²) >= 11 is 0. The molecule has 0 aliphatic carbocycles. The molecule has 0 aliphatic rings. The Morgan fingerprint density at radius 1 is 0.958 bits per heavy atom. The van der Waals surface area contributed by atoms with E-state index < -0.39 is 0 Å². The Hall–Kier alpha value is -3.55. The normalized spacial score (nSPS) is 10.9. The molecule has 0 bridgehead atoms. The first kappa shape index (κ1) is 14.1. The molecule has 7 nitrogen and oxygen atoms in total. The van der Waals surface area contributed by atoms with Gasteiger partial charge in [0.1, 0.15) is 11.6 Å². The molecule has 8 heteroatoms. The third-order valence-corrected chi connectivity index (χ3v) is 3.50. The highest BCUT2D eigenvalue weighted by molar-refractivity contribution is 5.75. The van der Waals surface area contributed by atoms with Crippen LogP contribution in [-0.4, -0.2) is 25.4 Å². The third-order valence-electron chi connectivity index (χ3n) is 3.50. The van der Waals surface area contributed by atoms with Gasteiger partial charge in [0, 0.05) is 29.1 Å². The maximum Gasteiger partial charge on any atom is 0.251 e. The Labute approximate surface area is 135 Å². The van der Waals surface area contributed by atoms with Gasteiger partial charge < -0.3 is 10.2 Å². The summed E-state index contributed by atoms with van der Waals surface area (Å²) in [5.41, 5.74) is 8.75. The number of aromatic nitrogens is 5. The SMILES string of the molecule is Nc1ncc(-c2cn[nH]c2)cc1-c1nnc(-c2ccc(F)cc2)o1. The van der Waals surface area contributed by atoms with Gasteiger partial charge >= 0.3 is 0 Å². The molecule has 0 fully saturated rings. The van der Waals surface area contributed by atoms with E-state index in [1.54, 1.807) is 36.8 Å². The van der Waals surface area contributed by atoms with Crippen LogP contribution < -0.4 is 5.73 Å². The van der Waals surface area contributed by atoms with Gasteiger partial charge in [-0.25, -0.2) is 9.37 Å². The van der Waals surface area contributed by atoms with Crippen LogP contribution in [-0.2, 0) is 0 Å². The second-order valence-electron chi connectivity index (χ2n) is 5.06. The molecule has 0 amide bonds. The van der Waals surface area contributed by atoms with Crippen LogP contribution in [0, 0.1) is 5.82 Å². The lowest BCUT2D eigenvalue weighted by Gasteiger charge is -2.03. The van der Waals surface area contributed by atoms with Crippen LogP contribution in [0.5, 0.6) is 0 Å². The summed E-state index contributed by atoms with van der Waals surface area (Å²) in [6.45, 7) is 0. The smallest absolute Gasteiger partial charge is 0.251 e. The number of benzene rings is 1. The van der Waals surface area contributed by atoms with E-state index in [-0.39, 0.29) is 23.4 Å². The van der Waals surface area contributed by atoms with Crippen molar-refractivity contribution in [1.82, 2.24) is 25.4 Å². The van der Waals surface area contributed by atoms with Gasteiger partial charge in [0.25, 0.3) is 5.89 Å². The van der Waals surface area contributed by atoms with Crippen LogP contribution in [0.15, 0.2) is 53.3 Å². The summed E-state index contributed by atoms with van der Waals surface area (Å²) in [5, 5.41) is 14.6. The summed E-state index contributed by atoms with van der Waals surface area (Å²) in [7, 11) is 0. The van der Waals surface area contributed by atoms with Crippen molar-refractivity contribution in [2.24, 2.45) is 0 Å². The zero-order valence-corrected chi connectivity index (χ0v) is 12.3. The number of aromatic amines is 1. The van der Waals surface area contributed by atoms with Crippen LogP contribution in [0.1, 0.15) is 0 Å². The first-order chi connectivity index (χ1) is 11.7. The number of nitrogens with two attached hydrogens (primary N) is 1. The first-order valence-electron chi connectivity index (χ1n) is 7.05. The summed E-state index contributed by atoms with van der Waals surface area (Å²) < 4.78 is 18.7. The summed E-state index contributed by atoms with van der Waals surface area (Å²) in [6, 6.07) is 7.59. The van der Waals surface area contributed by atoms with Crippen LogP contribution in [0.4, 0.5) is 10.2 Å². The van der Waals surface area contributed by atoms with Crippen molar-refractivity contribution in [3.05, 3.63) is 54.7 Å². The monoisotopic (exact) mass is 322 g/mol. The molecule has 3 heterocycles. The Balaban J connectivity index is 1.74. The minimum Gasteiger partial charge on any atom is -0.416 e. The van der Waals surface area contributed by atoms with Gasteiger partial charge in [-0.2, -0.15) is 5.10 Å². The fraction of sp³-hybridized carbons (Fsp3) is 0. The number of nitrogens with zero attached hydrogens (tertiary/aromatic N) is 4. The number of nitrogens with one attached hydrogen (secondary N) is 1. The van der Waals surface area contributed by atoms with Gasteiger partial charge in [-0.1, -0.05) is 0 Å². The zero-order valence-electron chi connectivity index (χ0n) is 12.3. The lowest BCUT2D eigenvalue weighted by molar-refractivity contribution is 0.584. The maximum atomic E-state index is 13.0. The molecule has 4 aromatic rings. The van der Waals surface area contributed by atoms with Crippen molar-refractivity contribution in [2.45, 2.75) is 0 Å². The molecule has 0 saturated heterocycles. The number of nitrogen functional groups attached to an aromatic ring is 1. The fourth-order valence-electron chi connectivity index (χ4n) is 2.25. The third kappa shape index (κ3) is 2.50. The van der Waals surface area contributed by atoms with Gasteiger partial charge in [0.15, 0.2) is 0 Å². The second kappa shape index (κ2) is 5.58. The average Bonchev–Trinajstić information content (AvgIpc) is 3.28. The van der Waals surface area contributed by atoms with Crippen molar-refractivity contribution < 1.29 is 8.81 Å². The summed E-state index contributed by atoms with van der Waals surface area (Å²) in [4.78, 5) is 4.16. The molecule has 0 radical (unpaired) electrons. The highest BCUT2D eigenvalue weighted by Gasteiger charge is 2.15. The second-order valence-corrected chi connectivity index (χ2v) is 5.06. The zero-order chi connectivity index (χ0) is 16.5. The number of anilines is 1. The van der Waals surface area contributed by atoms with Crippen molar-refractivity contribution in [1.29, 1.82) is 0 Å². The average molecular weight is 322 g/mol. The Bertz CT molecular complexity index is 978. The number of hydrogen-bond donors (Lipinski definition) is 2. The van der Waals surface area contributed by atoms with Crippen molar-refractivity contribution in [2.75, 3.05) is 5.73 Å². The molecule has 0 saturated carbocycles. The Morgan fingerprint density at radius 2 is 1.75 bits per heavy atom. The molecular weight excluding hydrogens is 311 g/mol. The number of halogens is 1. The number of H-pyrrole nitrogens is 1. The molecule has 3 N–H and O–H groups in total. The molecule has 3 aromatic heterocycles. The Kier molecular flexibility index (Phi) is 3.27. The minimum atomic E-state index is -0.334. The summed E-state index contributed by atoms with van der Waals surface area (Å²) in [6.07, 6.45) is 5.06. The maximum absolute atomic E-state index is 13.0. The first-order valence-corrected chi connectivity index (χ1v) is 7.05. The molecular formula is C16H11FN6O. The molecule has 0 unspecified atom stereocenters. The van der Waals surface area contributed by atoms with E-state index in [0.29, 0.717) is 11.1 Å². The lowest BCUT2D eigenvalue weighted by Crippen LogP contribution is -1.95. The standard InChI is InChI=1S/C16H11FN6O/c17-12-3-1-9(2-4-12)15-22-23-16(24-15)13-5-10(6-19-14(13)18)11-7-20-21-8-11/h1-8H,(H2,18,19)(H,20,21). The summed E-state index contributed by atoms with van der Waals surface area (Å²) in [5.74, 6) is 0.457. The van der Waals surface area contributed by atoms with Crippen LogP contribution in [0.2, 0.25) is 0 Å². The molecule has 24 heavy (non-hydrogen) atoms. The van der Waals surface area contributed by atoms with E-state index in [2.05, 4.69) is 25.4 Å².